The molecule has 0 radical (unpaired) electrons. The summed E-state index contributed by atoms with van der Waals surface area (Å²) < 4.78 is 0. The minimum absolute atomic E-state index is 0.256. The molecule has 4 heteroatoms. The van der Waals surface area contributed by atoms with Crippen LogP contribution in [0.4, 0.5) is 0 Å². The van der Waals surface area contributed by atoms with E-state index in [0.29, 0.717) is 6.54 Å². The molecule has 1 aliphatic carbocycles. The highest BCUT2D eigenvalue weighted by Crippen LogP contribution is 2.34. The Kier molecular flexibility index (Phi) is 4.81. The predicted octanol–water partition coefficient (Wildman–Crippen LogP) is 2.59. The van der Waals surface area contributed by atoms with Crippen LogP contribution in [-0.4, -0.2) is 17.4 Å². The molecule has 1 fully saturated rings. The quantitative estimate of drug-likeness (QED) is 0.607. The van der Waals surface area contributed by atoms with Crippen molar-refractivity contribution in [1.82, 2.24) is 5.32 Å². The molecule has 0 bridgehead atoms. The summed E-state index contributed by atoms with van der Waals surface area (Å²) in [5.41, 5.74) is 6.22. The normalized spacial score (nSPS) is 21.5. The standard InChI is InChI=1S/C14H23N3O/c15-9-8-14-16-10-13(18)12(17-14)5-3-1-2-4-11-6-7-11/h8,10-11,16,18H,1-7,9,15H2/b14-8+. The number of nitrogens with zero attached hydrogens (tertiary/aromatic N) is 1. The van der Waals surface area contributed by atoms with Crippen LogP contribution in [0.25, 0.3) is 0 Å². The zero-order chi connectivity index (χ0) is 12.8. The molecule has 0 amide bonds. The second-order valence-electron chi connectivity index (χ2n) is 5.10. The van der Waals surface area contributed by atoms with E-state index < -0.39 is 0 Å². The highest BCUT2D eigenvalue weighted by molar-refractivity contribution is 5.99. The Balaban J connectivity index is 1.71. The second kappa shape index (κ2) is 6.59. The van der Waals surface area contributed by atoms with Crippen LogP contribution in [0.3, 0.4) is 0 Å². The van der Waals surface area contributed by atoms with E-state index in [1.165, 1.54) is 32.1 Å². The zero-order valence-corrected chi connectivity index (χ0v) is 10.9. The Morgan fingerprint density at radius 3 is 2.94 bits per heavy atom. The minimum Gasteiger partial charge on any atom is -0.505 e. The molecular weight excluding hydrogens is 226 g/mol. The highest BCUT2D eigenvalue weighted by Gasteiger charge is 2.20. The molecule has 0 aromatic heterocycles. The van der Waals surface area contributed by atoms with Crippen molar-refractivity contribution in [2.75, 3.05) is 6.54 Å². The molecule has 2 rings (SSSR count). The molecule has 0 unspecified atom stereocenters. The second-order valence-corrected chi connectivity index (χ2v) is 5.10. The molecule has 1 heterocycles. The summed E-state index contributed by atoms with van der Waals surface area (Å²) in [5.74, 6) is 2.02. The van der Waals surface area contributed by atoms with E-state index in [1.807, 2.05) is 6.08 Å². The van der Waals surface area contributed by atoms with Crippen molar-refractivity contribution in [2.24, 2.45) is 16.6 Å². The molecule has 0 saturated heterocycles. The van der Waals surface area contributed by atoms with E-state index in [-0.39, 0.29) is 5.76 Å². The first-order valence-corrected chi connectivity index (χ1v) is 6.93. The van der Waals surface area contributed by atoms with Crippen molar-refractivity contribution in [3.63, 3.8) is 0 Å². The summed E-state index contributed by atoms with van der Waals surface area (Å²) in [6.45, 7) is 0.453. The first kappa shape index (κ1) is 13.1. The molecule has 2 aliphatic rings. The fraction of sp³-hybridized carbons (Fsp3) is 0.643. The van der Waals surface area contributed by atoms with Gasteiger partial charge in [0, 0.05) is 12.7 Å². The Morgan fingerprint density at radius 2 is 2.22 bits per heavy atom. The summed E-state index contributed by atoms with van der Waals surface area (Å²) in [4.78, 5) is 4.37. The van der Waals surface area contributed by atoms with Gasteiger partial charge in [-0.2, -0.15) is 0 Å². The molecule has 4 nitrogen and oxygen atoms in total. The van der Waals surface area contributed by atoms with Gasteiger partial charge in [-0.15, -0.1) is 0 Å². The summed E-state index contributed by atoms with van der Waals surface area (Å²) in [7, 11) is 0. The largest absolute Gasteiger partial charge is 0.505 e. The molecule has 0 atom stereocenters. The number of aliphatic hydroxyl groups is 1. The van der Waals surface area contributed by atoms with Crippen LogP contribution in [0.15, 0.2) is 28.8 Å². The average Bonchev–Trinajstić information content (AvgIpc) is 3.17. The topological polar surface area (TPSA) is 70.6 Å². The number of allylic oxidation sites excluding steroid dienone is 1. The smallest absolute Gasteiger partial charge is 0.153 e. The van der Waals surface area contributed by atoms with Crippen LogP contribution < -0.4 is 11.1 Å². The van der Waals surface area contributed by atoms with E-state index in [0.717, 1.165) is 30.3 Å². The van der Waals surface area contributed by atoms with Gasteiger partial charge >= 0.3 is 0 Å². The van der Waals surface area contributed by atoms with Gasteiger partial charge in [0.25, 0.3) is 0 Å². The molecule has 0 aromatic carbocycles. The lowest BCUT2D eigenvalue weighted by Gasteiger charge is -2.13. The van der Waals surface area contributed by atoms with Crippen molar-refractivity contribution in [3.05, 3.63) is 23.9 Å². The summed E-state index contributed by atoms with van der Waals surface area (Å²) >= 11 is 0. The predicted molar refractivity (Wildman–Crippen MR) is 74.2 cm³/mol. The van der Waals surface area contributed by atoms with Gasteiger partial charge in [0.1, 0.15) is 5.82 Å². The molecule has 1 aliphatic heterocycles. The van der Waals surface area contributed by atoms with Crippen LogP contribution in [-0.2, 0) is 0 Å². The maximum atomic E-state index is 9.72. The maximum absolute atomic E-state index is 9.72. The number of nitrogens with one attached hydrogen (secondary N) is 1. The van der Waals surface area contributed by atoms with Gasteiger partial charge in [-0.1, -0.05) is 32.1 Å². The van der Waals surface area contributed by atoms with Crippen LogP contribution >= 0.6 is 0 Å². The van der Waals surface area contributed by atoms with Crippen molar-refractivity contribution < 1.29 is 5.11 Å². The third kappa shape index (κ3) is 4.18. The van der Waals surface area contributed by atoms with Gasteiger partial charge in [-0.3, -0.25) is 0 Å². The van der Waals surface area contributed by atoms with E-state index in [1.54, 1.807) is 6.20 Å². The number of rotatable bonds is 7. The first-order valence-electron chi connectivity index (χ1n) is 6.93. The van der Waals surface area contributed by atoms with E-state index in [2.05, 4.69) is 10.3 Å². The van der Waals surface area contributed by atoms with Gasteiger partial charge in [0.15, 0.2) is 5.76 Å². The van der Waals surface area contributed by atoms with Crippen molar-refractivity contribution >= 4 is 5.71 Å². The lowest BCUT2D eigenvalue weighted by molar-refractivity contribution is 0.433. The van der Waals surface area contributed by atoms with Gasteiger partial charge < -0.3 is 16.2 Å². The fourth-order valence-corrected chi connectivity index (χ4v) is 2.17. The van der Waals surface area contributed by atoms with Crippen LogP contribution in [0.2, 0.25) is 0 Å². The monoisotopic (exact) mass is 249 g/mol. The summed E-state index contributed by atoms with van der Waals surface area (Å²) in [6.07, 6.45) is 12.1. The fourth-order valence-electron chi connectivity index (χ4n) is 2.17. The summed E-state index contributed by atoms with van der Waals surface area (Å²) in [5, 5.41) is 12.6. The number of hydrogen-bond donors (Lipinski definition) is 3. The van der Waals surface area contributed by atoms with Crippen LogP contribution in [0.5, 0.6) is 0 Å². The molecule has 100 valence electrons. The summed E-state index contributed by atoms with van der Waals surface area (Å²) in [6, 6.07) is 0. The van der Waals surface area contributed by atoms with E-state index >= 15 is 0 Å². The third-order valence-electron chi connectivity index (χ3n) is 3.44. The lowest BCUT2D eigenvalue weighted by atomic mass is 10.1. The zero-order valence-electron chi connectivity index (χ0n) is 10.9. The molecule has 4 N–H and O–H groups in total. The SMILES string of the molecule is NC/C=C1/N=C(CCCCCC2CC2)C(O)=CN1. The number of hydrogen-bond acceptors (Lipinski definition) is 4. The van der Waals surface area contributed by atoms with Gasteiger partial charge in [-0.25, -0.2) is 4.99 Å². The van der Waals surface area contributed by atoms with Crippen LogP contribution in [0, 0.1) is 5.92 Å². The lowest BCUT2D eigenvalue weighted by Crippen LogP contribution is -2.18. The minimum atomic E-state index is 0.256. The maximum Gasteiger partial charge on any atom is 0.153 e. The number of aliphatic imine (C=N–C) groups is 1. The molecule has 1 saturated carbocycles. The Hall–Kier alpha value is -1.29. The third-order valence-corrected chi connectivity index (χ3v) is 3.44. The van der Waals surface area contributed by atoms with Gasteiger partial charge in [0.05, 0.1) is 5.71 Å². The first-order chi connectivity index (χ1) is 8.79. The van der Waals surface area contributed by atoms with E-state index in [9.17, 15) is 5.11 Å². The Bertz CT molecular complexity index is 367. The molecular formula is C14H23N3O. The van der Waals surface area contributed by atoms with Crippen molar-refractivity contribution in [1.29, 1.82) is 0 Å². The van der Waals surface area contributed by atoms with Gasteiger partial charge in [-0.05, 0) is 24.8 Å². The van der Waals surface area contributed by atoms with Crippen molar-refractivity contribution in [2.45, 2.75) is 44.9 Å². The van der Waals surface area contributed by atoms with Crippen LogP contribution in [0.1, 0.15) is 44.9 Å². The number of aliphatic hydroxyl groups excluding tert-OH is 1. The van der Waals surface area contributed by atoms with Crippen molar-refractivity contribution in [3.8, 4) is 0 Å². The van der Waals surface area contributed by atoms with Gasteiger partial charge in [0.2, 0.25) is 0 Å². The molecule has 0 aromatic rings. The average molecular weight is 249 g/mol. The number of unbranched alkanes of at least 4 members (excludes halogenated alkanes) is 2. The van der Waals surface area contributed by atoms with E-state index in [4.69, 9.17) is 5.73 Å². The Morgan fingerprint density at radius 1 is 1.39 bits per heavy atom. The molecule has 18 heavy (non-hydrogen) atoms. The highest BCUT2D eigenvalue weighted by atomic mass is 16.3. The number of nitrogens with two attached hydrogens (primary N) is 1. The Labute approximate surface area is 109 Å². The molecule has 0 spiro atoms.